The summed E-state index contributed by atoms with van der Waals surface area (Å²) in [7, 11) is 1.65. The van der Waals surface area contributed by atoms with Crippen LogP contribution in [0.3, 0.4) is 0 Å². The lowest BCUT2D eigenvalue weighted by atomic mass is 10.0. The summed E-state index contributed by atoms with van der Waals surface area (Å²) in [5.74, 6) is 0.379. The first-order valence-corrected chi connectivity index (χ1v) is 6.56. The van der Waals surface area contributed by atoms with E-state index in [-0.39, 0.29) is 11.9 Å². The van der Waals surface area contributed by atoms with E-state index in [0.29, 0.717) is 12.5 Å². The van der Waals surface area contributed by atoms with E-state index in [2.05, 4.69) is 26.1 Å². The number of ether oxygens (including phenoxy) is 1. The predicted molar refractivity (Wildman–Crippen MR) is 70.8 cm³/mol. The van der Waals surface area contributed by atoms with Crippen molar-refractivity contribution in [2.45, 2.75) is 58.5 Å². The van der Waals surface area contributed by atoms with Crippen LogP contribution in [0.1, 0.15) is 46.5 Å². The van der Waals surface area contributed by atoms with Crippen LogP contribution in [0.2, 0.25) is 0 Å². The van der Waals surface area contributed by atoms with Gasteiger partial charge in [0.2, 0.25) is 5.91 Å². The second-order valence-corrected chi connectivity index (χ2v) is 5.04. The van der Waals surface area contributed by atoms with Crippen LogP contribution in [0.4, 0.5) is 0 Å². The lowest BCUT2D eigenvalue weighted by molar-refractivity contribution is -0.123. The van der Waals surface area contributed by atoms with Crippen LogP contribution >= 0.6 is 0 Å². The van der Waals surface area contributed by atoms with Crippen molar-refractivity contribution < 1.29 is 9.53 Å². The Bertz CT molecular complexity index is 208. The van der Waals surface area contributed by atoms with Crippen LogP contribution < -0.4 is 11.1 Å². The van der Waals surface area contributed by atoms with Crippen LogP contribution in [0.25, 0.3) is 0 Å². The summed E-state index contributed by atoms with van der Waals surface area (Å²) in [5, 5.41) is 2.97. The number of nitrogens with two attached hydrogens (primary N) is 1. The lowest BCUT2D eigenvalue weighted by Gasteiger charge is -2.21. The third kappa shape index (κ3) is 8.16. The van der Waals surface area contributed by atoms with Crippen molar-refractivity contribution in [2.75, 3.05) is 13.7 Å². The van der Waals surface area contributed by atoms with Gasteiger partial charge in [-0.3, -0.25) is 4.79 Å². The molecule has 4 heteroatoms. The zero-order valence-corrected chi connectivity index (χ0v) is 11.7. The van der Waals surface area contributed by atoms with E-state index in [4.69, 9.17) is 10.5 Å². The first-order chi connectivity index (χ1) is 8.01. The van der Waals surface area contributed by atoms with Gasteiger partial charge in [0.1, 0.15) is 0 Å². The standard InChI is InChI=1S/C13H28N2O2/c1-5-6-7-11(9-17-4)15-13(16)12(14)8-10(2)3/h10-12H,5-9,14H2,1-4H3,(H,15,16)/t11?,12-/m0/s1. The van der Waals surface area contributed by atoms with Gasteiger partial charge in [0.25, 0.3) is 0 Å². The molecular formula is C13H28N2O2. The maximum absolute atomic E-state index is 11.8. The highest BCUT2D eigenvalue weighted by molar-refractivity contribution is 5.81. The minimum Gasteiger partial charge on any atom is -0.383 e. The number of carbonyl (C=O) groups excluding carboxylic acids is 1. The van der Waals surface area contributed by atoms with Crippen molar-refractivity contribution in [2.24, 2.45) is 11.7 Å². The average molecular weight is 244 g/mol. The smallest absolute Gasteiger partial charge is 0.237 e. The minimum atomic E-state index is -0.406. The van der Waals surface area contributed by atoms with E-state index in [9.17, 15) is 4.79 Å². The number of methoxy groups -OCH3 is 1. The highest BCUT2D eigenvalue weighted by Gasteiger charge is 2.18. The second kappa shape index (κ2) is 9.42. The molecule has 0 saturated carbocycles. The fourth-order valence-corrected chi connectivity index (χ4v) is 1.77. The number of hydrogen-bond donors (Lipinski definition) is 2. The van der Waals surface area contributed by atoms with Gasteiger partial charge in [-0.2, -0.15) is 0 Å². The van der Waals surface area contributed by atoms with Crippen molar-refractivity contribution in [1.29, 1.82) is 0 Å². The Hall–Kier alpha value is -0.610. The molecule has 17 heavy (non-hydrogen) atoms. The Morgan fingerprint density at radius 1 is 1.41 bits per heavy atom. The summed E-state index contributed by atoms with van der Waals surface area (Å²) in [6, 6.07) is -0.318. The van der Waals surface area contributed by atoms with Gasteiger partial charge < -0.3 is 15.8 Å². The largest absolute Gasteiger partial charge is 0.383 e. The van der Waals surface area contributed by atoms with Crippen molar-refractivity contribution in [3.05, 3.63) is 0 Å². The molecule has 0 saturated heterocycles. The zero-order chi connectivity index (χ0) is 13.3. The summed E-state index contributed by atoms with van der Waals surface area (Å²) < 4.78 is 5.11. The van der Waals surface area contributed by atoms with E-state index >= 15 is 0 Å². The molecule has 0 bridgehead atoms. The van der Waals surface area contributed by atoms with E-state index in [1.807, 2.05) is 0 Å². The summed E-state index contributed by atoms with van der Waals surface area (Å²) in [6.07, 6.45) is 3.88. The quantitative estimate of drug-likeness (QED) is 0.648. The molecule has 1 unspecified atom stereocenters. The first kappa shape index (κ1) is 16.4. The summed E-state index contributed by atoms with van der Waals surface area (Å²) >= 11 is 0. The Morgan fingerprint density at radius 3 is 2.53 bits per heavy atom. The van der Waals surface area contributed by atoms with Gasteiger partial charge in [-0.1, -0.05) is 33.6 Å². The number of nitrogens with one attached hydrogen (secondary N) is 1. The van der Waals surface area contributed by atoms with E-state index in [1.54, 1.807) is 7.11 Å². The van der Waals surface area contributed by atoms with E-state index < -0.39 is 6.04 Å². The number of amides is 1. The SMILES string of the molecule is CCCCC(COC)NC(=O)[C@@H](N)CC(C)C. The monoisotopic (exact) mass is 244 g/mol. The maximum atomic E-state index is 11.8. The van der Waals surface area contributed by atoms with Gasteiger partial charge in [-0.05, 0) is 18.8 Å². The molecule has 0 heterocycles. The minimum absolute atomic E-state index is 0.0585. The molecule has 0 radical (unpaired) electrons. The number of carbonyl (C=O) groups is 1. The van der Waals surface area contributed by atoms with Gasteiger partial charge in [0, 0.05) is 7.11 Å². The second-order valence-electron chi connectivity index (χ2n) is 5.04. The first-order valence-electron chi connectivity index (χ1n) is 6.56. The Morgan fingerprint density at radius 2 is 2.06 bits per heavy atom. The van der Waals surface area contributed by atoms with E-state index in [1.165, 1.54) is 0 Å². The maximum Gasteiger partial charge on any atom is 0.237 e. The molecule has 0 aromatic rings. The molecule has 4 nitrogen and oxygen atoms in total. The molecule has 1 amide bonds. The van der Waals surface area contributed by atoms with Crippen molar-refractivity contribution >= 4 is 5.91 Å². The fourth-order valence-electron chi connectivity index (χ4n) is 1.77. The fraction of sp³-hybridized carbons (Fsp3) is 0.923. The highest BCUT2D eigenvalue weighted by atomic mass is 16.5. The van der Waals surface area contributed by atoms with Crippen LogP contribution in [-0.2, 0) is 9.53 Å². The third-order valence-electron chi connectivity index (χ3n) is 2.68. The molecule has 0 spiro atoms. The summed E-state index contributed by atoms with van der Waals surface area (Å²) in [4.78, 5) is 11.8. The summed E-state index contributed by atoms with van der Waals surface area (Å²) in [5.41, 5.74) is 5.84. The van der Waals surface area contributed by atoms with Gasteiger partial charge in [-0.25, -0.2) is 0 Å². The molecule has 102 valence electrons. The van der Waals surface area contributed by atoms with Crippen molar-refractivity contribution in [3.8, 4) is 0 Å². The molecule has 2 atom stereocenters. The van der Waals surface area contributed by atoms with Gasteiger partial charge in [-0.15, -0.1) is 0 Å². The molecule has 0 fully saturated rings. The van der Waals surface area contributed by atoms with Crippen LogP contribution in [0.15, 0.2) is 0 Å². The Kier molecular flexibility index (Phi) is 9.09. The lowest BCUT2D eigenvalue weighted by Crippen LogP contribution is -2.47. The molecule has 0 aromatic carbocycles. The average Bonchev–Trinajstić information content (AvgIpc) is 2.25. The Balaban J connectivity index is 4.09. The van der Waals surface area contributed by atoms with Crippen LogP contribution in [0.5, 0.6) is 0 Å². The molecular weight excluding hydrogens is 216 g/mol. The normalized spacial score (nSPS) is 14.7. The van der Waals surface area contributed by atoms with Crippen molar-refractivity contribution in [1.82, 2.24) is 5.32 Å². The number of rotatable bonds is 9. The molecule has 0 rings (SSSR count). The molecule has 3 N–H and O–H groups in total. The van der Waals surface area contributed by atoms with Gasteiger partial charge in [0.05, 0.1) is 18.7 Å². The molecule has 0 aromatic heterocycles. The topological polar surface area (TPSA) is 64.3 Å². The predicted octanol–water partition coefficient (Wildman–Crippen LogP) is 1.68. The molecule has 0 aliphatic rings. The van der Waals surface area contributed by atoms with Crippen LogP contribution in [0, 0.1) is 5.92 Å². The molecule has 0 aliphatic heterocycles. The number of hydrogen-bond acceptors (Lipinski definition) is 3. The summed E-state index contributed by atoms with van der Waals surface area (Å²) in [6.45, 7) is 6.82. The van der Waals surface area contributed by atoms with Crippen molar-refractivity contribution in [3.63, 3.8) is 0 Å². The van der Waals surface area contributed by atoms with Gasteiger partial charge >= 0.3 is 0 Å². The van der Waals surface area contributed by atoms with E-state index in [0.717, 1.165) is 25.7 Å². The number of unbranched alkanes of at least 4 members (excludes halogenated alkanes) is 1. The van der Waals surface area contributed by atoms with Gasteiger partial charge in [0.15, 0.2) is 0 Å². The van der Waals surface area contributed by atoms with Crippen LogP contribution in [-0.4, -0.2) is 31.7 Å². The zero-order valence-electron chi connectivity index (χ0n) is 11.7. The third-order valence-corrected chi connectivity index (χ3v) is 2.68. The Labute approximate surface area is 105 Å². The highest BCUT2D eigenvalue weighted by Crippen LogP contribution is 2.05. The molecule has 0 aliphatic carbocycles.